The Hall–Kier alpha value is -2.12. The molecule has 1 amide bonds. The molecule has 1 aromatic rings. The van der Waals surface area contributed by atoms with Crippen LogP contribution in [-0.4, -0.2) is 37.1 Å². The molecule has 0 aliphatic carbocycles. The molecular formula is C21H28N2O2. The summed E-state index contributed by atoms with van der Waals surface area (Å²) >= 11 is 0. The third-order valence-electron chi connectivity index (χ3n) is 4.88. The van der Waals surface area contributed by atoms with Crippen LogP contribution in [0.1, 0.15) is 31.4 Å². The molecule has 0 aromatic heterocycles. The van der Waals surface area contributed by atoms with Crippen molar-refractivity contribution in [3.8, 4) is 6.07 Å². The minimum atomic E-state index is -0.174. The molecule has 0 unspecified atom stereocenters. The Morgan fingerprint density at radius 3 is 2.76 bits per heavy atom. The van der Waals surface area contributed by atoms with Gasteiger partial charge >= 0.3 is 0 Å². The highest BCUT2D eigenvalue weighted by molar-refractivity contribution is 5.97. The van der Waals surface area contributed by atoms with Gasteiger partial charge < -0.3 is 9.64 Å². The van der Waals surface area contributed by atoms with Gasteiger partial charge in [-0.25, -0.2) is 0 Å². The molecule has 1 fully saturated rings. The molecule has 1 aliphatic rings. The van der Waals surface area contributed by atoms with Crippen molar-refractivity contribution in [2.24, 2.45) is 11.8 Å². The summed E-state index contributed by atoms with van der Waals surface area (Å²) in [5, 5.41) is 9.28. The number of methoxy groups -OCH3 is 1. The fourth-order valence-corrected chi connectivity index (χ4v) is 3.43. The summed E-state index contributed by atoms with van der Waals surface area (Å²) in [6, 6.07) is 10.5. The fourth-order valence-electron chi connectivity index (χ4n) is 3.43. The molecular weight excluding hydrogens is 312 g/mol. The topological polar surface area (TPSA) is 53.3 Å². The lowest BCUT2D eigenvalue weighted by Gasteiger charge is -2.38. The average molecular weight is 340 g/mol. The lowest BCUT2D eigenvalue weighted by atomic mass is 9.86. The van der Waals surface area contributed by atoms with Crippen molar-refractivity contribution >= 4 is 5.91 Å². The van der Waals surface area contributed by atoms with Crippen molar-refractivity contribution in [1.82, 2.24) is 4.90 Å². The fraction of sp³-hybridized carbons (Fsp3) is 0.524. The number of carbonyl (C=O) groups is 1. The lowest BCUT2D eigenvalue weighted by Crippen LogP contribution is -2.48. The zero-order valence-corrected chi connectivity index (χ0v) is 15.7. The summed E-state index contributed by atoms with van der Waals surface area (Å²) in [4.78, 5) is 14.4. The number of nitriles is 1. The maximum atomic E-state index is 12.6. The predicted molar refractivity (Wildman–Crippen MR) is 98.9 cm³/mol. The molecule has 0 radical (unpaired) electrons. The van der Waals surface area contributed by atoms with Crippen molar-refractivity contribution in [3.05, 3.63) is 47.0 Å². The average Bonchev–Trinajstić information content (AvgIpc) is 2.61. The monoisotopic (exact) mass is 340 g/mol. The van der Waals surface area contributed by atoms with Gasteiger partial charge in [-0.2, -0.15) is 5.26 Å². The van der Waals surface area contributed by atoms with Gasteiger partial charge in [0.25, 0.3) is 5.91 Å². The molecule has 134 valence electrons. The third kappa shape index (κ3) is 4.93. The number of rotatable bonds is 5. The van der Waals surface area contributed by atoms with E-state index < -0.39 is 0 Å². The van der Waals surface area contributed by atoms with Gasteiger partial charge in [0.15, 0.2) is 0 Å². The van der Waals surface area contributed by atoms with E-state index in [1.807, 2.05) is 13.8 Å². The first-order valence-corrected chi connectivity index (χ1v) is 8.94. The van der Waals surface area contributed by atoms with Gasteiger partial charge in [0.2, 0.25) is 0 Å². The molecule has 1 aromatic carbocycles. The summed E-state index contributed by atoms with van der Waals surface area (Å²) in [5.41, 5.74) is 2.87. The molecule has 4 nitrogen and oxygen atoms in total. The molecule has 0 bridgehead atoms. The van der Waals surface area contributed by atoms with E-state index in [9.17, 15) is 10.1 Å². The van der Waals surface area contributed by atoms with Gasteiger partial charge in [-0.05, 0) is 42.7 Å². The van der Waals surface area contributed by atoms with Crippen LogP contribution in [-0.2, 0) is 16.0 Å². The van der Waals surface area contributed by atoms with E-state index in [4.69, 9.17) is 4.74 Å². The number of piperidine rings is 1. The largest absolute Gasteiger partial charge is 0.379 e. The lowest BCUT2D eigenvalue weighted by molar-refractivity contribution is -0.132. The molecule has 1 aliphatic heterocycles. The highest BCUT2D eigenvalue weighted by Crippen LogP contribution is 2.26. The maximum Gasteiger partial charge on any atom is 0.264 e. The molecule has 2 rings (SSSR count). The van der Waals surface area contributed by atoms with Gasteiger partial charge in [-0.1, -0.05) is 44.2 Å². The van der Waals surface area contributed by atoms with Gasteiger partial charge in [0.1, 0.15) is 11.6 Å². The summed E-state index contributed by atoms with van der Waals surface area (Å²) in [6.07, 6.45) is 3.58. The van der Waals surface area contributed by atoms with Crippen molar-refractivity contribution in [2.45, 2.75) is 39.7 Å². The van der Waals surface area contributed by atoms with Crippen molar-refractivity contribution < 1.29 is 9.53 Å². The SMILES string of the molecule is CO[C@H]1CN(C(=O)/C(C#N)=C/C(C)C)CC[C@@H]1Cc1ccccc1C. The first kappa shape index (κ1) is 19.2. The van der Waals surface area contributed by atoms with Crippen LogP contribution in [0.4, 0.5) is 0 Å². The Morgan fingerprint density at radius 1 is 1.44 bits per heavy atom. The van der Waals surface area contributed by atoms with E-state index in [1.165, 1.54) is 11.1 Å². The van der Waals surface area contributed by atoms with E-state index >= 15 is 0 Å². The number of amides is 1. The van der Waals surface area contributed by atoms with Gasteiger partial charge in [0.05, 0.1) is 6.10 Å². The molecule has 0 saturated carbocycles. The number of hydrogen-bond donors (Lipinski definition) is 0. The zero-order valence-electron chi connectivity index (χ0n) is 15.7. The minimum Gasteiger partial charge on any atom is -0.379 e. The Bertz CT molecular complexity index is 673. The standard InChI is InChI=1S/C21H28N2O2/c1-15(2)11-19(13-22)21(24)23-10-9-18(20(14-23)25-4)12-17-8-6-5-7-16(17)3/h5-8,11,15,18,20H,9-10,12,14H2,1-4H3/b19-11+/t18-,20+/m1/s1. The molecule has 0 spiro atoms. The summed E-state index contributed by atoms with van der Waals surface area (Å²) in [6.45, 7) is 7.29. The summed E-state index contributed by atoms with van der Waals surface area (Å²) < 4.78 is 5.69. The number of nitrogens with zero attached hydrogens (tertiary/aromatic N) is 2. The van der Waals surface area contributed by atoms with Crippen LogP contribution in [0.15, 0.2) is 35.9 Å². The van der Waals surface area contributed by atoms with Crippen LogP contribution in [0, 0.1) is 30.1 Å². The molecule has 25 heavy (non-hydrogen) atoms. The highest BCUT2D eigenvalue weighted by Gasteiger charge is 2.32. The number of ether oxygens (including phenoxy) is 1. The first-order chi connectivity index (χ1) is 12.0. The van der Waals surface area contributed by atoms with E-state index in [2.05, 4.69) is 37.3 Å². The predicted octanol–water partition coefficient (Wildman–Crippen LogP) is 3.51. The van der Waals surface area contributed by atoms with Crippen LogP contribution in [0.25, 0.3) is 0 Å². The molecule has 1 saturated heterocycles. The van der Waals surface area contributed by atoms with E-state index in [1.54, 1.807) is 18.1 Å². The van der Waals surface area contributed by atoms with E-state index in [-0.39, 0.29) is 23.5 Å². The smallest absolute Gasteiger partial charge is 0.264 e. The van der Waals surface area contributed by atoms with Crippen LogP contribution in [0.2, 0.25) is 0 Å². The molecule has 4 heteroatoms. The molecule has 2 atom stereocenters. The second-order valence-corrected chi connectivity index (χ2v) is 7.14. The van der Waals surface area contributed by atoms with Gasteiger partial charge in [-0.3, -0.25) is 4.79 Å². The van der Waals surface area contributed by atoms with Crippen molar-refractivity contribution in [2.75, 3.05) is 20.2 Å². The minimum absolute atomic E-state index is 0.00343. The number of carbonyl (C=O) groups excluding carboxylic acids is 1. The Labute approximate surface area is 151 Å². The summed E-state index contributed by atoms with van der Waals surface area (Å²) in [5.74, 6) is 0.387. The van der Waals surface area contributed by atoms with Crippen LogP contribution < -0.4 is 0 Å². The Morgan fingerprint density at radius 2 is 2.16 bits per heavy atom. The second kappa shape index (κ2) is 8.82. The molecule has 0 N–H and O–H groups in total. The van der Waals surface area contributed by atoms with Crippen LogP contribution in [0.3, 0.4) is 0 Å². The zero-order chi connectivity index (χ0) is 18.4. The van der Waals surface area contributed by atoms with Crippen molar-refractivity contribution in [1.29, 1.82) is 5.26 Å². The van der Waals surface area contributed by atoms with Crippen molar-refractivity contribution in [3.63, 3.8) is 0 Å². The normalized spacial score (nSPS) is 21.3. The number of aryl methyl sites for hydroxylation is 1. The summed E-state index contributed by atoms with van der Waals surface area (Å²) in [7, 11) is 1.71. The third-order valence-corrected chi connectivity index (χ3v) is 4.88. The number of likely N-dealkylation sites (tertiary alicyclic amines) is 1. The number of benzene rings is 1. The second-order valence-electron chi connectivity index (χ2n) is 7.14. The number of allylic oxidation sites excluding steroid dienone is 1. The number of hydrogen-bond acceptors (Lipinski definition) is 3. The maximum absolute atomic E-state index is 12.6. The van der Waals surface area contributed by atoms with Gasteiger partial charge in [-0.15, -0.1) is 0 Å². The quantitative estimate of drug-likeness (QED) is 0.609. The first-order valence-electron chi connectivity index (χ1n) is 8.94. The van der Waals surface area contributed by atoms with Crippen LogP contribution >= 0.6 is 0 Å². The van der Waals surface area contributed by atoms with E-state index in [0.717, 1.165) is 12.8 Å². The van der Waals surface area contributed by atoms with E-state index in [0.29, 0.717) is 19.0 Å². The highest BCUT2D eigenvalue weighted by atomic mass is 16.5. The Kier molecular flexibility index (Phi) is 6.78. The van der Waals surface area contributed by atoms with Gasteiger partial charge in [0, 0.05) is 20.2 Å². The van der Waals surface area contributed by atoms with Crippen LogP contribution in [0.5, 0.6) is 0 Å². The Balaban J connectivity index is 2.07. The molecule has 1 heterocycles.